The molecule has 1 atom stereocenters. The summed E-state index contributed by atoms with van der Waals surface area (Å²) in [5.74, 6) is -0.0116. The van der Waals surface area contributed by atoms with Crippen molar-refractivity contribution in [3.63, 3.8) is 0 Å². The summed E-state index contributed by atoms with van der Waals surface area (Å²) >= 11 is 0. The number of likely N-dealkylation sites (tertiary alicyclic amines) is 1. The lowest BCUT2D eigenvalue weighted by atomic mass is 10.0. The first-order valence-electron chi connectivity index (χ1n) is 9.35. The Kier molecular flexibility index (Phi) is 6.42. The SMILES string of the molecule is CO[C@H](C)C(=O)NC1CCN(Cc2ccc(-c3ccccc3)cc2)CC1. The van der Waals surface area contributed by atoms with Crippen molar-refractivity contribution in [3.8, 4) is 11.1 Å². The lowest BCUT2D eigenvalue weighted by molar-refractivity contribution is -0.131. The molecule has 0 aliphatic carbocycles. The third-order valence-corrected chi connectivity index (χ3v) is 5.12. The summed E-state index contributed by atoms with van der Waals surface area (Å²) in [4.78, 5) is 14.4. The third-order valence-electron chi connectivity index (χ3n) is 5.12. The zero-order chi connectivity index (χ0) is 18.4. The Morgan fingerprint density at radius 1 is 1.08 bits per heavy atom. The second-order valence-electron chi connectivity index (χ2n) is 7.00. The van der Waals surface area contributed by atoms with E-state index in [1.54, 1.807) is 14.0 Å². The summed E-state index contributed by atoms with van der Waals surface area (Å²) in [5, 5.41) is 3.09. The van der Waals surface area contributed by atoms with E-state index < -0.39 is 0 Å². The normalized spacial score (nSPS) is 17.0. The number of nitrogens with zero attached hydrogens (tertiary/aromatic N) is 1. The fourth-order valence-electron chi connectivity index (χ4n) is 3.35. The first kappa shape index (κ1) is 18.6. The maximum atomic E-state index is 11.9. The van der Waals surface area contributed by atoms with Crippen LogP contribution in [-0.2, 0) is 16.1 Å². The first-order valence-corrected chi connectivity index (χ1v) is 9.35. The molecule has 2 aromatic carbocycles. The van der Waals surface area contributed by atoms with Crippen molar-refractivity contribution in [1.29, 1.82) is 0 Å². The average Bonchev–Trinajstić information content (AvgIpc) is 2.70. The molecule has 0 unspecified atom stereocenters. The summed E-state index contributed by atoms with van der Waals surface area (Å²) in [5.41, 5.74) is 3.84. The van der Waals surface area contributed by atoms with Crippen molar-refractivity contribution in [3.05, 3.63) is 60.2 Å². The van der Waals surface area contributed by atoms with Crippen LogP contribution in [0.25, 0.3) is 11.1 Å². The summed E-state index contributed by atoms with van der Waals surface area (Å²) in [6.45, 7) is 4.76. The summed E-state index contributed by atoms with van der Waals surface area (Å²) in [6, 6.07) is 19.5. The zero-order valence-corrected chi connectivity index (χ0v) is 15.7. The van der Waals surface area contributed by atoms with Crippen molar-refractivity contribution in [2.45, 2.75) is 38.5 Å². The molecule has 0 aromatic heterocycles. The summed E-state index contributed by atoms with van der Waals surface area (Å²) in [6.07, 6.45) is 1.60. The van der Waals surface area contributed by atoms with Gasteiger partial charge in [-0.15, -0.1) is 0 Å². The van der Waals surface area contributed by atoms with Gasteiger partial charge in [0.2, 0.25) is 5.91 Å². The Bertz CT molecular complexity index is 692. The average molecular weight is 352 g/mol. The van der Waals surface area contributed by atoms with Gasteiger partial charge in [0.25, 0.3) is 0 Å². The summed E-state index contributed by atoms with van der Waals surface area (Å²) in [7, 11) is 1.57. The predicted octanol–water partition coefficient (Wildman–Crippen LogP) is 3.47. The molecule has 4 heteroatoms. The van der Waals surface area contributed by atoms with Gasteiger partial charge in [0.1, 0.15) is 6.10 Å². The highest BCUT2D eigenvalue weighted by molar-refractivity contribution is 5.80. The smallest absolute Gasteiger partial charge is 0.249 e. The quantitative estimate of drug-likeness (QED) is 0.865. The molecule has 3 rings (SSSR count). The van der Waals surface area contributed by atoms with Gasteiger partial charge < -0.3 is 10.1 Å². The van der Waals surface area contributed by atoms with Gasteiger partial charge in [-0.2, -0.15) is 0 Å². The number of amides is 1. The predicted molar refractivity (Wildman–Crippen MR) is 105 cm³/mol. The highest BCUT2D eigenvalue weighted by Gasteiger charge is 2.22. The van der Waals surface area contributed by atoms with Gasteiger partial charge in [0.05, 0.1) is 0 Å². The lowest BCUT2D eigenvalue weighted by Gasteiger charge is -2.32. The van der Waals surface area contributed by atoms with Gasteiger partial charge in [-0.25, -0.2) is 0 Å². The second-order valence-corrected chi connectivity index (χ2v) is 7.00. The number of piperidine rings is 1. The van der Waals surface area contributed by atoms with Crippen molar-refractivity contribution < 1.29 is 9.53 Å². The Morgan fingerprint density at radius 2 is 1.69 bits per heavy atom. The minimum Gasteiger partial charge on any atom is -0.372 e. The third kappa shape index (κ3) is 4.93. The number of ether oxygens (including phenoxy) is 1. The molecular weight excluding hydrogens is 324 g/mol. The molecule has 0 bridgehead atoms. The number of nitrogens with one attached hydrogen (secondary N) is 1. The highest BCUT2D eigenvalue weighted by atomic mass is 16.5. The monoisotopic (exact) mass is 352 g/mol. The number of carbonyl (C=O) groups excluding carboxylic acids is 1. The topological polar surface area (TPSA) is 41.6 Å². The Hall–Kier alpha value is -2.17. The van der Waals surface area contributed by atoms with E-state index in [1.807, 2.05) is 6.07 Å². The molecule has 1 heterocycles. The molecule has 2 aromatic rings. The van der Waals surface area contributed by atoms with E-state index in [4.69, 9.17) is 4.74 Å². The van der Waals surface area contributed by atoms with Crippen molar-refractivity contribution in [1.82, 2.24) is 10.2 Å². The van der Waals surface area contributed by atoms with E-state index in [9.17, 15) is 4.79 Å². The fraction of sp³-hybridized carbons (Fsp3) is 0.409. The molecule has 0 spiro atoms. The molecule has 1 aliphatic heterocycles. The number of carbonyl (C=O) groups is 1. The van der Waals surface area contributed by atoms with Gasteiger partial charge in [-0.1, -0.05) is 54.6 Å². The van der Waals surface area contributed by atoms with Gasteiger partial charge in [-0.05, 0) is 36.5 Å². The van der Waals surface area contributed by atoms with Gasteiger partial charge in [0.15, 0.2) is 0 Å². The summed E-state index contributed by atoms with van der Waals surface area (Å²) < 4.78 is 5.07. The van der Waals surface area contributed by atoms with Crippen LogP contribution in [0.15, 0.2) is 54.6 Å². The second kappa shape index (κ2) is 8.97. The molecule has 4 nitrogen and oxygen atoms in total. The molecule has 1 aliphatic rings. The molecule has 1 fully saturated rings. The van der Waals surface area contributed by atoms with Gasteiger partial charge >= 0.3 is 0 Å². The van der Waals surface area contributed by atoms with E-state index >= 15 is 0 Å². The number of hydrogen-bond donors (Lipinski definition) is 1. The van der Waals surface area contributed by atoms with Crippen LogP contribution < -0.4 is 5.32 Å². The van der Waals surface area contributed by atoms with E-state index in [-0.39, 0.29) is 18.1 Å². The van der Waals surface area contributed by atoms with Crippen molar-refractivity contribution in [2.24, 2.45) is 0 Å². The van der Waals surface area contributed by atoms with Gasteiger partial charge in [0, 0.05) is 32.8 Å². The number of benzene rings is 2. The van der Waals surface area contributed by atoms with Crippen LogP contribution in [-0.4, -0.2) is 43.2 Å². The van der Waals surface area contributed by atoms with Gasteiger partial charge in [-0.3, -0.25) is 9.69 Å². The van der Waals surface area contributed by atoms with Crippen LogP contribution in [0.4, 0.5) is 0 Å². The van der Waals surface area contributed by atoms with Crippen LogP contribution in [0.2, 0.25) is 0 Å². The zero-order valence-electron chi connectivity index (χ0n) is 15.7. The van der Waals surface area contributed by atoms with Crippen LogP contribution >= 0.6 is 0 Å². The van der Waals surface area contributed by atoms with E-state index in [2.05, 4.69) is 58.7 Å². The fourth-order valence-corrected chi connectivity index (χ4v) is 3.35. The Labute approximate surface area is 156 Å². The lowest BCUT2D eigenvalue weighted by Crippen LogP contribution is -2.47. The largest absolute Gasteiger partial charge is 0.372 e. The van der Waals surface area contributed by atoms with Crippen molar-refractivity contribution in [2.75, 3.05) is 20.2 Å². The van der Waals surface area contributed by atoms with E-state index in [1.165, 1.54) is 16.7 Å². The number of hydrogen-bond acceptors (Lipinski definition) is 3. The first-order chi connectivity index (χ1) is 12.7. The number of methoxy groups -OCH3 is 1. The van der Waals surface area contributed by atoms with E-state index in [0.717, 1.165) is 32.5 Å². The standard InChI is InChI=1S/C22H28N2O2/c1-17(26-2)22(25)23-21-12-14-24(15-13-21)16-18-8-10-20(11-9-18)19-6-4-3-5-7-19/h3-11,17,21H,12-16H2,1-2H3,(H,23,25)/t17-/m1/s1. The maximum absolute atomic E-state index is 11.9. The minimum absolute atomic E-state index is 0.0116. The van der Waals surface area contributed by atoms with Crippen LogP contribution in [0.5, 0.6) is 0 Å². The molecule has 0 radical (unpaired) electrons. The molecule has 138 valence electrons. The Balaban J connectivity index is 1.48. The molecule has 0 saturated carbocycles. The number of rotatable bonds is 6. The molecule has 1 N–H and O–H groups in total. The van der Waals surface area contributed by atoms with Crippen LogP contribution in [0, 0.1) is 0 Å². The van der Waals surface area contributed by atoms with Crippen LogP contribution in [0.1, 0.15) is 25.3 Å². The molecule has 1 amide bonds. The van der Waals surface area contributed by atoms with Crippen molar-refractivity contribution >= 4 is 5.91 Å². The highest BCUT2D eigenvalue weighted by Crippen LogP contribution is 2.20. The Morgan fingerprint density at radius 3 is 2.31 bits per heavy atom. The van der Waals surface area contributed by atoms with E-state index in [0.29, 0.717) is 0 Å². The van der Waals surface area contributed by atoms with Crippen LogP contribution in [0.3, 0.4) is 0 Å². The minimum atomic E-state index is -0.379. The molecular formula is C22H28N2O2. The maximum Gasteiger partial charge on any atom is 0.249 e. The molecule has 26 heavy (non-hydrogen) atoms. The molecule has 1 saturated heterocycles.